The minimum atomic E-state index is -0.733. The van der Waals surface area contributed by atoms with Gasteiger partial charge in [-0.15, -0.1) is 0 Å². The molecule has 0 bridgehead atoms. The van der Waals surface area contributed by atoms with E-state index in [0.29, 0.717) is 34.3 Å². The third kappa shape index (κ3) is 5.10. The van der Waals surface area contributed by atoms with E-state index in [2.05, 4.69) is 48.2 Å². The molecule has 0 spiro atoms. The summed E-state index contributed by atoms with van der Waals surface area (Å²) in [5, 5.41) is 17.2. The average Bonchev–Trinajstić information content (AvgIpc) is 3.32. The molecule has 2 N–H and O–H groups in total. The molecule has 1 saturated carbocycles. The predicted octanol–water partition coefficient (Wildman–Crippen LogP) is 4.12. The third-order valence-electron chi connectivity index (χ3n) is 8.41. The quantitative estimate of drug-likeness (QED) is 0.225. The van der Waals surface area contributed by atoms with Crippen LogP contribution in [0.2, 0.25) is 0 Å². The fourth-order valence-electron chi connectivity index (χ4n) is 6.09. The second-order valence-electron chi connectivity index (χ2n) is 11.6. The number of carbonyl (C=O) groups is 3. The van der Waals surface area contributed by atoms with E-state index in [4.69, 9.17) is 0 Å². The van der Waals surface area contributed by atoms with Crippen LogP contribution in [0, 0.1) is 25.1 Å². The first-order valence-corrected chi connectivity index (χ1v) is 14.6. The molecular weight excluding hydrogens is 621 g/mol. The maximum Gasteiger partial charge on any atom is 0.248 e. The molecule has 1 aliphatic heterocycles. The van der Waals surface area contributed by atoms with Gasteiger partial charge in [0.1, 0.15) is 28.7 Å². The summed E-state index contributed by atoms with van der Waals surface area (Å²) in [6.45, 7) is 6.61. The Morgan fingerprint density at radius 2 is 1.91 bits per heavy atom. The molecule has 222 valence electrons. The first-order chi connectivity index (χ1) is 20.4. The molecule has 2 fully saturated rings. The van der Waals surface area contributed by atoms with Crippen molar-refractivity contribution in [2.24, 2.45) is 5.41 Å². The lowest BCUT2D eigenvalue weighted by Gasteiger charge is -2.27. The number of aliphatic hydroxyl groups is 1. The second-order valence-corrected chi connectivity index (χ2v) is 12.4. The first kappa shape index (κ1) is 29.0. The highest BCUT2D eigenvalue weighted by Gasteiger charge is 2.64. The van der Waals surface area contributed by atoms with Crippen molar-refractivity contribution < 1.29 is 23.9 Å². The highest BCUT2D eigenvalue weighted by molar-refractivity contribution is 9.10. The zero-order valence-corrected chi connectivity index (χ0v) is 25.6. The minimum Gasteiger partial charge on any atom is -0.390 e. The lowest BCUT2D eigenvalue weighted by molar-refractivity contribution is -0.138. The number of aryl methyl sites for hydroxylation is 2. The van der Waals surface area contributed by atoms with Gasteiger partial charge in [-0.2, -0.15) is 5.10 Å². The van der Waals surface area contributed by atoms with Gasteiger partial charge in [0.15, 0.2) is 11.6 Å². The Morgan fingerprint density at radius 3 is 2.58 bits per heavy atom. The highest BCUT2D eigenvalue weighted by Crippen LogP contribution is 2.59. The predicted molar refractivity (Wildman–Crippen MR) is 158 cm³/mol. The number of amides is 2. The van der Waals surface area contributed by atoms with E-state index in [1.165, 1.54) is 23.9 Å². The van der Waals surface area contributed by atoms with E-state index < -0.39 is 11.9 Å². The topological polar surface area (TPSA) is 143 Å². The van der Waals surface area contributed by atoms with Crippen molar-refractivity contribution in [3.05, 3.63) is 63.5 Å². The molecule has 4 aromatic rings. The van der Waals surface area contributed by atoms with E-state index >= 15 is 0 Å². The van der Waals surface area contributed by atoms with E-state index in [9.17, 15) is 23.9 Å². The van der Waals surface area contributed by atoms with Crippen LogP contribution in [0.3, 0.4) is 0 Å². The highest BCUT2D eigenvalue weighted by atomic mass is 79.9. The number of rotatable bonds is 7. The number of Topliss-reactive ketones (excluding diaryl/α,β-unsaturated/α-hetero) is 1. The fraction of sp³-hybridized carbons (Fsp3) is 0.367. The van der Waals surface area contributed by atoms with Crippen LogP contribution >= 0.6 is 15.9 Å². The Morgan fingerprint density at radius 1 is 1.14 bits per heavy atom. The monoisotopic (exact) mass is 649 g/mol. The largest absolute Gasteiger partial charge is 0.390 e. The van der Waals surface area contributed by atoms with Crippen LogP contribution in [-0.2, 0) is 22.7 Å². The lowest BCUT2D eigenvalue weighted by atomic mass is 10.0. The summed E-state index contributed by atoms with van der Waals surface area (Å²) in [5.74, 6) is -1.24. The number of pyridine rings is 1. The van der Waals surface area contributed by atoms with Crippen molar-refractivity contribution in [1.82, 2.24) is 29.6 Å². The van der Waals surface area contributed by atoms with E-state index in [-0.39, 0.29) is 58.3 Å². The van der Waals surface area contributed by atoms with Crippen molar-refractivity contribution in [3.8, 4) is 11.3 Å². The van der Waals surface area contributed by atoms with Gasteiger partial charge in [-0.05, 0) is 77.4 Å². The number of aromatic nitrogens is 5. The number of ketones is 1. The van der Waals surface area contributed by atoms with E-state index in [0.717, 1.165) is 17.5 Å². The number of benzene rings is 1. The number of anilines is 1. The Balaban J connectivity index is 1.31. The molecule has 1 aromatic carbocycles. The van der Waals surface area contributed by atoms with Crippen LogP contribution in [-0.4, -0.2) is 64.4 Å². The molecule has 2 aliphatic rings. The van der Waals surface area contributed by atoms with Crippen LogP contribution < -0.4 is 5.32 Å². The Bertz CT molecular complexity index is 1830. The van der Waals surface area contributed by atoms with Crippen molar-refractivity contribution in [3.63, 3.8) is 0 Å². The van der Waals surface area contributed by atoms with Crippen LogP contribution in [0.25, 0.3) is 22.2 Å². The van der Waals surface area contributed by atoms with Gasteiger partial charge in [-0.3, -0.25) is 29.0 Å². The number of nitrogens with zero attached hydrogens (tertiary/aromatic N) is 6. The molecule has 11 nitrogen and oxygen atoms in total. The Labute approximate surface area is 254 Å². The maximum atomic E-state index is 13.9. The molecular formula is C30H29BrFN7O4. The van der Waals surface area contributed by atoms with Gasteiger partial charge >= 0.3 is 0 Å². The van der Waals surface area contributed by atoms with Gasteiger partial charge in [0.2, 0.25) is 11.8 Å². The van der Waals surface area contributed by atoms with Gasteiger partial charge < -0.3 is 15.3 Å². The Hall–Kier alpha value is -4.10. The number of likely N-dealkylation sites (tertiary alicyclic amines) is 1. The number of fused-ring (bicyclic) bond motifs is 2. The molecule has 4 heterocycles. The summed E-state index contributed by atoms with van der Waals surface area (Å²) in [5.41, 5.74) is 3.66. The van der Waals surface area contributed by atoms with Crippen LogP contribution in [0.15, 0.2) is 35.2 Å². The average molecular weight is 651 g/mol. The first-order valence-electron chi connectivity index (χ1n) is 13.8. The van der Waals surface area contributed by atoms with Crippen LogP contribution in [0.4, 0.5) is 10.2 Å². The molecule has 43 heavy (non-hydrogen) atoms. The lowest BCUT2D eigenvalue weighted by Crippen LogP contribution is -2.47. The van der Waals surface area contributed by atoms with E-state index in [1.54, 1.807) is 24.1 Å². The van der Waals surface area contributed by atoms with Gasteiger partial charge in [-0.1, -0.05) is 6.92 Å². The minimum absolute atomic E-state index is 0.0119. The fourth-order valence-corrected chi connectivity index (χ4v) is 6.38. The summed E-state index contributed by atoms with van der Waals surface area (Å²) in [6, 6.07) is 4.15. The molecule has 3 atom stereocenters. The molecule has 3 aromatic heterocycles. The number of hydrogen-bond donors (Lipinski definition) is 2. The molecule has 6 rings (SSSR count). The van der Waals surface area contributed by atoms with Crippen molar-refractivity contribution in [2.45, 2.75) is 65.8 Å². The van der Waals surface area contributed by atoms with Crippen molar-refractivity contribution in [1.29, 1.82) is 0 Å². The molecule has 1 saturated heterocycles. The molecule has 0 radical (unpaired) electrons. The summed E-state index contributed by atoms with van der Waals surface area (Å²) >= 11 is 3.06. The SMILES string of the molecule is CC(=O)c1nn(CC(=O)N2[C@H](C(=O)Nc3nc(Br)c(F)cc3C)C[C@@]3(C)C[C@@H]23)c2c(C)cc(-c3cnc(CO)cn3)cc12. The number of piperidine rings is 1. The molecule has 1 aliphatic carbocycles. The number of carbonyl (C=O) groups excluding carboxylic acids is 3. The smallest absolute Gasteiger partial charge is 0.248 e. The number of aliphatic hydroxyl groups excluding tert-OH is 1. The zero-order valence-electron chi connectivity index (χ0n) is 24.0. The summed E-state index contributed by atoms with van der Waals surface area (Å²) < 4.78 is 15.4. The molecule has 2 amide bonds. The number of halogens is 2. The number of hydrogen-bond acceptors (Lipinski definition) is 8. The molecule has 13 heteroatoms. The summed E-state index contributed by atoms with van der Waals surface area (Å²) in [4.78, 5) is 54.3. The second kappa shape index (κ2) is 10.6. The van der Waals surface area contributed by atoms with Gasteiger partial charge in [-0.25, -0.2) is 9.37 Å². The van der Waals surface area contributed by atoms with Crippen molar-refractivity contribution in [2.75, 3.05) is 5.32 Å². The standard InChI is InChI=1S/C30H29BrFN7O4/c1-14-5-17(21-11-33-18(13-40)10-34-21)7-19-25(16(3)41)37-38(26(14)19)12-24(42)39-22(8-30(4)9-23(30)39)29(43)36-28-15(2)6-20(32)27(31)35-28/h5-7,10-11,22-23,40H,8-9,12-13H2,1-4H3,(H,35,36,43)/t22-,23+,30-/m0/s1. The Kier molecular flexibility index (Phi) is 7.12. The third-order valence-corrected chi connectivity index (χ3v) is 8.96. The maximum absolute atomic E-state index is 13.9. The zero-order chi connectivity index (χ0) is 30.8. The van der Waals surface area contributed by atoms with Crippen molar-refractivity contribution >= 4 is 50.2 Å². The summed E-state index contributed by atoms with van der Waals surface area (Å²) in [7, 11) is 0. The summed E-state index contributed by atoms with van der Waals surface area (Å²) in [6.07, 6.45) is 4.33. The van der Waals surface area contributed by atoms with Gasteiger partial charge in [0.25, 0.3) is 0 Å². The van der Waals surface area contributed by atoms with Crippen LogP contribution in [0.5, 0.6) is 0 Å². The van der Waals surface area contributed by atoms with Gasteiger partial charge in [0.05, 0.1) is 35.9 Å². The normalized spacial score (nSPS) is 20.8. The number of nitrogens with one attached hydrogen (secondary N) is 1. The molecule has 0 unspecified atom stereocenters. The van der Waals surface area contributed by atoms with E-state index in [1.807, 2.05) is 13.0 Å². The van der Waals surface area contributed by atoms with Crippen LogP contribution in [0.1, 0.15) is 54.0 Å². The van der Waals surface area contributed by atoms with Gasteiger partial charge in [0, 0.05) is 23.9 Å².